The Morgan fingerprint density at radius 1 is 1.17 bits per heavy atom. The molecule has 0 bridgehead atoms. The summed E-state index contributed by atoms with van der Waals surface area (Å²) in [4.78, 5) is 0. The summed E-state index contributed by atoms with van der Waals surface area (Å²) < 4.78 is 2.06. The minimum absolute atomic E-state index is 0.498. The van der Waals surface area contributed by atoms with Crippen LogP contribution < -0.4 is 5.73 Å². The molecule has 0 atom stereocenters. The van der Waals surface area contributed by atoms with Crippen molar-refractivity contribution in [2.24, 2.45) is 11.7 Å². The van der Waals surface area contributed by atoms with Gasteiger partial charge in [0.1, 0.15) is 0 Å². The number of hydrogen-bond acceptors (Lipinski definition) is 3. The van der Waals surface area contributed by atoms with Gasteiger partial charge in [0.15, 0.2) is 0 Å². The van der Waals surface area contributed by atoms with Crippen LogP contribution in [0, 0.1) is 5.92 Å². The third kappa shape index (κ3) is 4.77. The third-order valence-corrected chi connectivity index (χ3v) is 3.19. The van der Waals surface area contributed by atoms with E-state index in [1.807, 2.05) is 0 Å². The highest BCUT2D eigenvalue weighted by Gasteiger charge is 2.12. The summed E-state index contributed by atoms with van der Waals surface area (Å²) in [7, 11) is 0. The predicted octanol–water partition coefficient (Wildman–Crippen LogP) is 2.91. The summed E-state index contributed by atoms with van der Waals surface area (Å²) in [6.07, 6.45) is 7.46. The molecule has 0 aromatic carbocycles. The van der Waals surface area contributed by atoms with Gasteiger partial charge in [0.25, 0.3) is 0 Å². The molecule has 4 heteroatoms. The number of nitrogens with two attached hydrogens (primary N) is 1. The summed E-state index contributed by atoms with van der Waals surface area (Å²) in [5.41, 5.74) is 7.93. The first kappa shape index (κ1) is 15.2. The largest absolute Gasteiger partial charge is 0.325 e. The molecule has 0 amide bonds. The molecular formula is C14H28N4. The molecule has 0 aliphatic carbocycles. The maximum absolute atomic E-state index is 5.72. The second-order valence-electron chi connectivity index (χ2n) is 5.42. The zero-order chi connectivity index (χ0) is 13.4. The van der Waals surface area contributed by atoms with E-state index < -0.39 is 0 Å². The fraction of sp³-hybridized carbons (Fsp3) is 0.857. The molecule has 2 N–H and O–H groups in total. The minimum Gasteiger partial charge on any atom is -0.325 e. The Morgan fingerprint density at radius 3 is 2.50 bits per heavy atom. The van der Waals surface area contributed by atoms with Crippen molar-refractivity contribution in [2.75, 3.05) is 0 Å². The maximum atomic E-state index is 5.72. The van der Waals surface area contributed by atoms with Crippen LogP contribution in [0.15, 0.2) is 0 Å². The van der Waals surface area contributed by atoms with Gasteiger partial charge in [0, 0.05) is 13.1 Å². The maximum Gasteiger partial charge on any atom is 0.0994 e. The smallest absolute Gasteiger partial charge is 0.0994 e. The Labute approximate surface area is 111 Å². The van der Waals surface area contributed by atoms with E-state index >= 15 is 0 Å². The van der Waals surface area contributed by atoms with Crippen molar-refractivity contribution in [3.8, 4) is 0 Å². The van der Waals surface area contributed by atoms with E-state index in [0.717, 1.165) is 18.7 Å². The SMILES string of the molecule is CCCCCCCn1nnc(CN)c1CC(C)C. The van der Waals surface area contributed by atoms with E-state index in [9.17, 15) is 0 Å². The molecule has 0 radical (unpaired) electrons. The van der Waals surface area contributed by atoms with Crippen molar-refractivity contribution < 1.29 is 0 Å². The van der Waals surface area contributed by atoms with Crippen LogP contribution in [0.1, 0.15) is 64.3 Å². The standard InChI is InChI=1S/C14H28N4/c1-4-5-6-7-8-9-18-14(10-12(2)3)13(11-15)16-17-18/h12H,4-11,15H2,1-3H3. The quantitative estimate of drug-likeness (QED) is 0.687. The van der Waals surface area contributed by atoms with E-state index in [1.165, 1.54) is 37.8 Å². The van der Waals surface area contributed by atoms with Crippen LogP contribution in [-0.4, -0.2) is 15.0 Å². The highest BCUT2D eigenvalue weighted by Crippen LogP contribution is 2.13. The second-order valence-corrected chi connectivity index (χ2v) is 5.42. The van der Waals surface area contributed by atoms with E-state index in [0.29, 0.717) is 12.5 Å². The number of hydrogen-bond donors (Lipinski definition) is 1. The molecule has 1 aromatic rings. The molecule has 0 aliphatic rings. The average Bonchev–Trinajstić information content (AvgIpc) is 2.71. The molecule has 0 spiro atoms. The van der Waals surface area contributed by atoms with Crippen molar-refractivity contribution in [2.45, 2.75) is 72.4 Å². The Morgan fingerprint density at radius 2 is 1.89 bits per heavy atom. The molecule has 104 valence electrons. The monoisotopic (exact) mass is 252 g/mol. The van der Waals surface area contributed by atoms with Crippen molar-refractivity contribution >= 4 is 0 Å². The Balaban J connectivity index is 2.50. The van der Waals surface area contributed by atoms with Crippen LogP contribution in [0.25, 0.3) is 0 Å². The number of aryl methyl sites for hydroxylation is 1. The van der Waals surface area contributed by atoms with Crippen molar-refractivity contribution in [3.05, 3.63) is 11.4 Å². The van der Waals surface area contributed by atoms with Crippen molar-refractivity contribution in [1.29, 1.82) is 0 Å². The summed E-state index contributed by atoms with van der Waals surface area (Å²) >= 11 is 0. The third-order valence-electron chi connectivity index (χ3n) is 3.19. The fourth-order valence-corrected chi connectivity index (χ4v) is 2.18. The lowest BCUT2D eigenvalue weighted by Gasteiger charge is -2.09. The highest BCUT2D eigenvalue weighted by molar-refractivity contribution is 5.10. The molecule has 4 nitrogen and oxygen atoms in total. The lowest BCUT2D eigenvalue weighted by Crippen LogP contribution is -2.10. The molecule has 0 aliphatic heterocycles. The normalized spacial score (nSPS) is 11.4. The summed E-state index contributed by atoms with van der Waals surface area (Å²) in [6, 6.07) is 0. The van der Waals surface area contributed by atoms with E-state index in [1.54, 1.807) is 0 Å². The van der Waals surface area contributed by atoms with Gasteiger partial charge in [0.05, 0.1) is 11.4 Å². The average molecular weight is 252 g/mol. The van der Waals surface area contributed by atoms with Gasteiger partial charge in [-0.1, -0.05) is 51.7 Å². The topological polar surface area (TPSA) is 56.7 Å². The first-order valence-electron chi connectivity index (χ1n) is 7.30. The first-order valence-corrected chi connectivity index (χ1v) is 7.30. The molecule has 1 heterocycles. The van der Waals surface area contributed by atoms with Crippen molar-refractivity contribution in [3.63, 3.8) is 0 Å². The van der Waals surface area contributed by atoms with Gasteiger partial charge >= 0.3 is 0 Å². The highest BCUT2D eigenvalue weighted by atomic mass is 15.4. The van der Waals surface area contributed by atoms with Gasteiger partial charge in [-0.05, 0) is 18.8 Å². The molecule has 0 saturated heterocycles. The van der Waals surface area contributed by atoms with E-state index in [-0.39, 0.29) is 0 Å². The molecule has 1 rings (SSSR count). The van der Waals surface area contributed by atoms with Gasteiger partial charge in [-0.15, -0.1) is 5.10 Å². The van der Waals surface area contributed by atoms with Crippen LogP contribution in [-0.2, 0) is 19.5 Å². The number of nitrogens with zero attached hydrogens (tertiary/aromatic N) is 3. The second kappa shape index (κ2) is 8.25. The van der Waals surface area contributed by atoms with Gasteiger partial charge in [0.2, 0.25) is 0 Å². The Hall–Kier alpha value is -0.900. The minimum atomic E-state index is 0.498. The van der Waals surface area contributed by atoms with Gasteiger partial charge < -0.3 is 5.73 Å². The number of unbranched alkanes of at least 4 members (excludes halogenated alkanes) is 4. The van der Waals surface area contributed by atoms with Crippen LogP contribution in [0.5, 0.6) is 0 Å². The van der Waals surface area contributed by atoms with Gasteiger partial charge in [-0.25, -0.2) is 4.68 Å². The molecule has 0 unspecified atom stereocenters. The van der Waals surface area contributed by atoms with Crippen molar-refractivity contribution in [1.82, 2.24) is 15.0 Å². The molecule has 1 aromatic heterocycles. The van der Waals surface area contributed by atoms with Crippen LogP contribution in [0.4, 0.5) is 0 Å². The fourth-order valence-electron chi connectivity index (χ4n) is 2.18. The molecule has 18 heavy (non-hydrogen) atoms. The zero-order valence-electron chi connectivity index (χ0n) is 12.2. The van der Waals surface area contributed by atoms with E-state index in [4.69, 9.17) is 5.73 Å². The summed E-state index contributed by atoms with van der Waals surface area (Å²) in [5, 5.41) is 8.44. The molecule has 0 saturated carbocycles. The molecule has 0 fully saturated rings. The zero-order valence-corrected chi connectivity index (χ0v) is 12.2. The predicted molar refractivity (Wildman–Crippen MR) is 75.2 cm³/mol. The summed E-state index contributed by atoms with van der Waals surface area (Å²) in [6.45, 7) is 8.17. The lowest BCUT2D eigenvalue weighted by molar-refractivity contribution is 0.492. The van der Waals surface area contributed by atoms with Gasteiger partial charge in [-0.3, -0.25) is 0 Å². The number of aromatic nitrogens is 3. The summed E-state index contributed by atoms with van der Waals surface area (Å²) in [5.74, 6) is 0.618. The Kier molecular flexibility index (Phi) is 6.94. The Bertz CT molecular complexity index is 331. The number of rotatable bonds is 9. The van der Waals surface area contributed by atoms with E-state index in [2.05, 4.69) is 35.8 Å². The van der Waals surface area contributed by atoms with Crippen LogP contribution in [0.2, 0.25) is 0 Å². The van der Waals surface area contributed by atoms with Crippen LogP contribution >= 0.6 is 0 Å². The lowest BCUT2D eigenvalue weighted by atomic mass is 10.1. The van der Waals surface area contributed by atoms with Crippen LogP contribution in [0.3, 0.4) is 0 Å². The molecular weight excluding hydrogens is 224 g/mol. The first-order chi connectivity index (χ1) is 8.69. The van der Waals surface area contributed by atoms with Gasteiger partial charge in [-0.2, -0.15) is 0 Å².